The van der Waals surface area contributed by atoms with Gasteiger partial charge < -0.3 is 4.57 Å². The van der Waals surface area contributed by atoms with E-state index >= 15 is 0 Å². The van der Waals surface area contributed by atoms with Crippen molar-refractivity contribution in [3.8, 4) is 12.3 Å². The summed E-state index contributed by atoms with van der Waals surface area (Å²) in [5.41, 5.74) is 1.77. The van der Waals surface area contributed by atoms with Crippen molar-refractivity contribution in [3.05, 3.63) is 94.5 Å². The van der Waals surface area contributed by atoms with Crippen LogP contribution in [-0.4, -0.2) is 30.2 Å². The summed E-state index contributed by atoms with van der Waals surface area (Å²) < 4.78 is 43.0. The molecule has 0 spiro atoms. The second-order valence-corrected chi connectivity index (χ2v) is 10.5. The van der Waals surface area contributed by atoms with Gasteiger partial charge in [-0.05, 0) is 48.0 Å². The van der Waals surface area contributed by atoms with E-state index < -0.39 is 21.7 Å². The number of carbonyl (C=O) groups is 1. The number of halogens is 1. The van der Waals surface area contributed by atoms with Crippen molar-refractivity contribution in [2.45, 2.75) is 18.0 Å². The van der Waals surface area contributed by atoms with Gasteiger partial charge in [0.05, 0.1) is 21.7 Å². The summed E-state index contributed by atoms with van der Waals surface area (Å²) in [6, 6.07) is 19.2. The lowest BCUT2D eigenvalue weighted by Gasteiger charge is -2.17. The number of fused-ring (bicyclic) bond motifs is 1. The fourth-order valence-corrected chi connectivity index (χ4v) is 5.61. The van der Waals surface area contributed by atoms with E-state index in [1.165, 1.54) is 47.8 Å². The number of terminal acetylenes is 1. The molecule has 0 bridgehead atoms. The zero-order valence-electron chi connectivity index (χ0n) is 18.2. The number of amides is 1. The van der Waals surface area contributed by atoms with Gasteiger partial charge in [0.15, 0.2) is 4.80 Å². The molecule has 34 heavy (non-hydrogen) atoms. The Morgan fingerprint density at radius 2 is 1.82 bits per heavy atom. The second kappa shape index (κ2) is 9.73. The SMILES string of the molecule is C#CCn1c(=NC(=O)c2ccc(S(=O)(=O)N(C)Cc3ccccc3)cc2)sc2cc(F)ccc21. The quantitative estimate of drug-likeness (QED) is 0.381. The maximum atomic E-state index is 13.6. The third kappa shape index (κ3) is 4.84. The van der Waals surface area contributed by atoms with Crippen molar-refractivity contribution in [1.29, 1.82) is 0 Å². The number of carbonyl (C=O) groups excluding carboxylic acids is 1. The lowest BCUT2D eigenvalue weighted by atomic mass is 10.2. The van der Waals surface area contributed by atoms with Crippen LogP contribution in [0.2, 0.25) is 0 Å². The fourth-order valence-electron chi connectivity index (χ4n) is 3.40. The topological polar surface area (TPSA) is 71.7 Å². The minimum Gasteiger partial charge on any atom is -0.305 e. The summed E-state index contributed by atoms with van der Waals surface area (Å²) in [5.74, 6) is 1.56. The molecule has 0 saturated heterocycles. The number of hydrogen-bond acceptors (Lipinski definition) is 4. The van der Waals surface area contributed by atoms with Gasteiger partial charge in [0.2, 0.25) is 10.0 Å². The first kappa shape index (κ1) is 23.6. The van der Waals surface area contributed by atoms with Gasteiger partial charge in [-0.15, -0.1) is 6.42 Å². The molecule has 0 aliphatic rings. The predicted molar refractivity (Wildman–Crippen MR) is 130 cm³/mol. The number of nitrogens with zero attached hydrogens (tertiary/aromatic N) is 3. The number of rotatable bonds is 6. The van der Waals surface area contributed by atoms with Crippen LogP contribution in [0.25, 0.3) is 10.2 Å². The van der Waals surface area contributed by atoms with Crippen molar-refractivity contribution in [3.63, 3.8) is 0 Å². The average Bonchev–Trinajstić information content (AvgIpc) is 3.15. The molecule has 0 N–H and O–H groups in total. The van der Waals surface area contributed by atoms with Gasteiger partial charge in [-0.3, -0.25) is 4.79 Å². The molecular weight excluding hydrogens is 473 g/mol. The van der Waals surface area contributed by atoms with Crippen LogP contribution in [0, 0.1) is 18.2 Å². The van der Waals surface area contributed by atoms with Crippen molar-refractivity contribution in [1.82, 2.24) is 8.87 Å². The highest BCUT2D eigenvalue weighted by atomic mass is 32.2. The van der Waals surface area contributed by atoms with E-state index in [0.29, 0.717) is 15.0 Å². The van der Waals surface area contributed by atoms with Gasteiger partial charge in [0.25, 0.3) is 5.91 Å². The van der Waals surface area contributed by atoms with E-state index in [2.05, 4.69) is 10.9 Å². The summed E-state index contributed by atoms with van der Waals surface area (Å²) in [6.07, 6.45) is 5.45. The van der Waals surface area contributed by atoms with Gasteiger partial charge in [-0.2, -0.15) is 9.30 Å². The van der Waals surface area contributed by atoms with Crippen LogP contribution in [0.4, 0.5) is 4.39 Å². The highest BCUT2D eigenvalue weighted by Gasteiger charge is 2.21. The molecule has 0 saturated carbocycles. The molecule has 4 aromatic rings. The Morgan fingerprint density at radius 3 is 2.50 bits per heavy atom. The minimum absolute atomic E-state index is 0.0715. The number of hydrogen-bond donors (Lipinski definition) is 0. The zero-order chi connectivity index (χ0) is 24.3. The highest BCUT2D eigenvalue weighted by molar-refractivity contribution is 7.89. The Balaban J connectivity index is 1.61. The Bertz CT molecular complexity index is 1570. The Labute approximate surface area is 200 Å². The Kier molecular flexibility index (Phi) is 6.75. The van der Waals surface area contributed by atoms with E-state index in [1.54, 1.807) is 10.6 Å². The molecule has 0 radical (unpaired) electrons. The maximum Gasteiger partial charge on any atom is 0.279 e. The molecule has 1 amide bonds. The molecule has 0 atom stereocenters. The molecular formula is C25H20FN3O3S2. The first-order valence-corrected chi connectivity index (χ1v) is 12.5. The normalized spacial score (nSPS) is 12.2. The molecule has 1 heterocycles. The minimum atomic E-state index is -3.74. The van der Waals surface area contributed by atoms with Crippen molar-refractivity contribution in [2.24, 2.45) is 4.99 Å². The van der Waals surface area contributed by atoms with E-state index in [-0.39, 0.29) is 23.5 Å². The van der Waals surface area contributed by atoms with Gasteiger partial charge in [-0.1, -0.05) is 47.6 Å². The maximum absolute atomic E-state index is 13.6. The summed E-state index contributed by atoms with van der Waals surface area (Å²) >= 11 is 1.15. The van der Waals surface area contributed by atoms with Crippen LogP contribution in [-0.2, 0) is 23.1 Å². The molecule has 1 aromatic heterocycles. The van der Waals surface area contributed by atoms with E-state index in [0.717, 1.165) is 16.9 Å². The first-order chi connectivity index (χ1) is 16.3. The Hall–Kier alpha value is -3.58. The molecule has 172 valence electrons. The molecule has 6 nitrogen and oxygen atoms in total. The standard InChI is InChI=1S/C25H20FN3O3S2/c1-3-15-29-22-14-11-20(26)16-23(22)33-25(29)27-24(30)19-9-12-21(13-10-19)34(31,32)28(2)17-18-7-5-4-6-8-18/h1,4-14,16H,15,17H2,2H3. The predicted octanol–water partition coefficient (Wildman–Crippen LogP) is 4.04. The van der Waals surface area contributed by atoms with E-state index in [9.17, 15) is 17.6 Å². The van der Waals surface area contributed by atoms with Gasteiger partial charge in [0, 0.05) is 19.2 Å². The third-order valence-corrected chi connectivity index (χ3v) is 8.01. The van der Waals surface area contributed by atoms with Gasteiger partial charge in [-0.25, -0.2) is 12.8 Å². The highest BCUT2D eigenvalue weighted by Crippen LogP contribution is 2.20. The number of aromatic nitrogens is 1. The largest absolute Gasteiger partial charge is 0.305 e. The fraction of sp³-hybridized carbons (Fsp3) is 0.120. The van der Waals surface area contributed by atoms with E-state index in [1.807, 2.05) is 30.3 Å². The van der Waals surface area contributed by atoms with Crippen LogP contribution < -0.4 is 4.80 Å². The summed E-state index contributed by atoms with van der Waals surface area (Å²) in [6.45, 7) is 0.392. The Morgan fingerprint density at radius 1 is 1.12 bits per heavy atom. The van der Waals surface area contributed by atoms with Crippen molar-refractivity contribution < 1.29 is 17.6 Å². The van der Waals surface area contributed by atoms with Crippen molar-refractivity contribution in [2.75, 3.05) is 7.05 Å². The third-order valence-electron chi connectivity index (χ3n) is 5.15. The van der Waals surface area contributed by atoms with Crippen LogP contribution in [0.15, 0.2) is 82.7 Å². The molecule has 0 fully saturated rings. The van der Waals surface area contributed by atoms with Gasteiger partial charge >= 0.3 is 0 Å². The number of thiazole rings is 1. The molecule has 4 rings (SSSR count). The van der Waals surface area contributed by atoms with Crippen LogP contribution in [0.1, 0.15) is 15.9 Å². The smallest absolute Gasteiger partial charge is 0.279 e. The zero-order valence-corrected chi connectivity index (χ0v) is 19.8. The summed E-state index contributed by atoms with van der Waals surface area (Å²) in [7, 11) is -2.24. The van der Waals surface area contributed by atoms with E-state index in [4.69, 9.17) is 6.42 Å². The number of sulfonamides is 1. The monoisotopic (exact) mass is 493 g/mol. The van der Waals surface area contributed by atoms with Crippen LogP contribution >= 0.6 is 11.3 Å². The average molecular weight is 494 g/mol. The van der Waals surface area contributed by atoms with Gasteiger partial charge in [0.1, 0.15) is 5.82 Å². The summed E-state index contributed by atoms with van der Waals surface area (Å²) in [4.78, 5) is 17.4. The number of benzene rings is 3. The molecule has 0 aliphatic carbocycles. The van der Waals surface area contributed by atoms with Crippen LogP contribution in [0.3, 0.4) is 0 Å². The molecule has 0 aliphatic heterocycles. The lowest BCUT2D eigenvalue weighted by molar-refractivity contribution is 0.0998. The second-order valence-electron chi connectivity index (χ2n) is 7.47. The molecule has 3 aromatic carbocycles. The first-order valence-electron chi connectivity index (χ1n) is 10.2. The van der Waals surface area contributed by atoms with Crippen LogP contribution in [0.5, 0.6) is 0 Å². The van der Waals surface area contributed by atoms with Crippen molar-refractivity contribution >= 4 is 37.5 Å². The summed E-state index contributed by atoms with van der Waals surface area (Å²) in [5, 5.41) is 0. The molecule has 9 heteroatoms. The molecule has 0 unspecified atom stereocenters. The lowest BCUT2D eigenvalue weighted by Crippen LogP contribution is -2.26.